The smallest absolute Gasteiger partial charge is 0.220 e. The number of rotatable bonds is 7. The number of carbonyl (C=O) groups is 1. The van der Waals surface area contributed by atoms with Gasteiger partial charge in [0.15, 0.2) is 0 Å². The SMILES string of the molecule is CCCN1CCC(CNC(=O)CC2(CN)CCCCC2)CC1. The topological polar surface area (TPSA) is 58.4 Å². The largest absolute Gasteiger partial charge is 0.356 e. The summed E-state index contributed by atoms with van der Waals surface area (Å²) in [7, 11) is 0. The molecule has 0 radical (unpaired) electrons. The van der Waals surface area contributed by atoms with Gasteiger partial charge in [0, 0.05) is 13.0 Å². The molecule has 1 aliphatic heterocycles. The van der Waals surface area contributed by atoms with Gasteiger partial charge in [-0.25, -0.2) is 0 Å². The molecule has 0 aromatic rings. The Morgan fingerprint density at radius 2 is 1.91 bits per heavy atom. The molecule has 2 rings (SSSR count). The Bertz CT molecular complexity index is 331. The highest BCUT2D eigenvalue weighted by molar-refractivity contribution is 5.76. The van der Waals surface area contributed by atoms with Gasteiger partial charge in [0.25, 0.3) is 0 Å². The zero-order valence-electron chi connectivity index (χ0n) is 14.4. The molecule has 4 heteroatoms. The van der Waals surface area contributed by atoms with E-state index in [0.717, 1.165) is 19.4 Å². The summed E-state index contributed by atoms with van der Waals surface area (Å²) in [6, 6.07) is 0. The summed E-state index contributed by atoms with van der Waals surface area (Å²) in [4.78, 5) is 14.9. The van der Waals surface area contributed by atoms with Crippen LogP contribution in [0.4, 0.5) is 0 Å². The molecule has 4 nitrogen and oxygen atoms in total. The van der Waals surface area contributed by atoms with Crippen molar-refractivity contribution in [1.82, 2.24) is 10.2 Å². The van der Waals surface area contributed by atoms with E-state index >= 15 is 0 Å². The molecule has 0 spiro atoms. The van der Waals surface area contributed by atoms with Gasteiger partial charge >= 0.3 is 0 Å². The molecule has 22 heavy (non-hydrogen) atoms. The molecule has 1 saturated carbocycles. The van der Waals surface area contributed by atoms with Gasteiger partial charge in [0.1, 0.15) is 0 Å². The number of nitrogens with one attached hydrogen (secondary N) is 1. The monoisotopic (exact) mass is 309 g/mol. The first-order chi connectivity index (χ1) is 10.7. The molecule has 1 amide bonds. The standard InChI is InChI=1S/C18H35N3O/c1-2-10-21-11-6-16(7-12-21)14-20-17(22)13-18(15-19)8-4-3-5-9-18/h16H,2-15,19H2,1H3,(H,20,22). The Balaban J connectivity index is 1.67. The van der Waals surface area contributed by atoms with Crippen molar-refractivity contribution >= 4 is 5.91 Å². The number of amides is 1. The Hall–Kier alpha value is -0.610. The molecule has 128 valence electrons. The fraction of sp³-hybridized carbons (Fsp3) is 0.944. The van der Waals surface area contributed by atoms with Crippen LogP contribution in [0.2, 0.25) is 0 Å². The number of piperidine rings is 1. The zero-order chi connectivity index (χ0) is 15.8. The van der Waals surface area contributed by atoms with E-state index in [-0.39, 0.29) is 11.3 Å². The molecule has 2 aliphatic rings. The van der Waals surface area contributed by atoms with E-state index in [1.165, 1.54) is 58.2 Å². The molecule has 1 saturated heterocycles. The third-order valence-corrected chi connectivity index (χ3v) is 5.72. The number of likely N-dealkylation sites (tertiary alicyclic amines) is 1. The van der Waals surface area contributed by atoms with Gasteiger partial charge < -0.3 is 16.0 Å². The van der Waals surface area contributed by atoms with E-state index in [4.69, 9.17) is 5.73 Å². The van der Waals surface area contributed by atoms with Crippen molar-refractivity contribution < 1.29 is 4.79 Å². The molecule has 0 bridgehead atoms. The van der Waals surface area contributed by atoms with Crippen LogP contribution >= 0.6 is 0 Å². The summed E-state index contributed by atoms with van der Waals surface area (Å²) in [5.74, 6) is 0.889. The fourth-order valence-corrected chi connectivity index (χ4v) is 4.15. The molecule has 1 aliphatic carbocycles. The second kappa shape index (κ2) is 8.88. The quantitative estimate of drug-likeness (QED) is 0.760. The van der Waals surface area contributed by atoms with E-state index in [1.807, 2.05) is 0 Å². The second-order valence-electron chi connectivity index (χ2n) is 7.53. The maximum atomic E-state index is 12.3. The summed E-state index contributed by atoms with van der Waals surface area (Å²) < 4.78 is 0. The normalized spacial score (nSPS) is 23.4. The minimum atomic E-state index is 0.0901. The lowest BCUT2D eigenvalue weighted by atomic mass is 9.71. The van der Waals surface area contributed by atoms with E-state index in [9.17, 15) is 4.79 Å². The van der Waals surface area contributed by atoms with Crippen LogP contribution in [-0.4, -0.2) is 43.5 Å². The van der Waals surface area contributed by atoms with Crippen LogP contribution in [0.5, 0.6) is 0 Å². The number of carbonyl (C=O) groups excluding carboxylic acids is 1. The van der Waals surface area contributed by atoms with Crippen molar-refractivity contribution in [2.45, 2.75) is 64.7 Å². The fourth-order valence-electron chi connectivity index (χ4n) is 4.15. The van der Waals surface area contributed by atoms with Gasteiger partial charge in [0.05, 0.1) is 0 Å². The van der Waals surface area contributed by atoms with Crippen molar-refractivity contribution in [3.8, 4) is 0 Å². The molecule has 0 aromatic carbocycles. The third-order valence-electron chi connectivity index (χ3n) is 5.72. The number of hydrogen-bond acceptors (Lipinski definition) is 3. The Morgan fingerprint density at radius 1 is 1.23 bits per heavy atom. The minimum absolute atomic E-state index is 0.0901. The highest BCUT2D eigenvalue weighted by Crippen LogP contribution is 2.38. The third kappa shape index (κ3) is 5.24. The highest BCUT2D eigenvalue weighted by atomic mass is 16.1. The second-order valence-corrected chi connectivity index (χ2v) is 7.53. The van der Waals surface area contributed by atoms with Gasteiger partial charge in [0.2, 0.25) is 5.91 Å². The number of nitrogens with two attached hydrogens (primary N) is 1. The van der Waals surface area contributed by atoms with Crippen LogP contribution in [-0.2, 0) is 4.79 Å². The predicted molar refractivity (Wildman–Crippen MR) is 91.7 cm³/mol. The molecule has 0 aromatic heterocycles. The summed E-state index contributed by atoms with van der Waals surface area (Å²) in [6.07, 6.45) is 10.4. The van der Waals surface area contributed by atoms with Crippen LogP contribution in [0.1, 0.15) is 64.7 Å². The van der Waals surface area contributed by atoms with Gasteiger partial charge in [-0.15, -0.1) is 0 Å². The summed E-state index contributed by atoms with van der Waals surface area (Å²) in [6.45, 7) is 7.38. The number of hydrogen-bond donors (Lipinski definition) is 2. The van der Waals surface area contributed by atoms with E-state index in [2.05, 4.69) is 17.1 Å². The molecule has 1 heterocycles. The van der Waals surface area contributed by atoms with E-state index < -0.39 is 0 Å². The van der Waals surface area contributed by atoms with Crippen molar-refractivity contribution in [3.05, 3.63) is 0 Å². The average molecular weight is 309 g/mol. The molecule has 3 N–H and O–H groups in total. The van der Waals surface area contributed by atoms with E-state index in [1.54, 1.807) is 0 Å². The van der Waals surface area contributed by atoms with Gasteiger partial charge in [-0.1, -0.05) is 26.2 Å². The highest BCUT2D eigenvalue weighted by Gasteiger charge is 2.33. The minimum Gasteiger partial charge on any atom is -0.356 e. The van der Waals surface area contributed by atoms with Crippen molar-refractivity contribution in [2.24, 2.45) is 17.1 Å². The number of nitrogens with zero attached hydrogens (tertiary/aromatic N) is 1. The Labute approximate surface area is 136 Å². The zero-order valence-corrected chi connectivity index (χ0v) is 14.4. The predicted octanol–water partition coefficient (Wildman–Crippen LogP) is 2.52. The van der Waals surface area contributed by atoms with Crippen molar-refractivity contribution in [1.29, 1.82) is 0 Å². The lowest BCUT2D eigenvalue weighted by Crippen LogP contribution is -2.42. The van der Waals surface area contributed by atoms with Crippen LogP contribution < -0.4 is 11.1 Å². The molecule has 2 fully saturated rings. The Kier molecular flexibility index (Phi) is 7.16. The molecular weight excluding hydrogens is 274 g/mol. The molecular formula is C18H35N3O. The first kappa shape index (κ1) is 17.7. The van der Waals surface area contributed by atoms with E-state index in [0.29, 0.717) is 18.9 Å². The van der Waals surface area contributed by atoms with Crippen LogP contribution in [0.3, 0.4) is 0 Å². The van der Waals surface area contributed by atoms with Crippen molar-refractivity contribution in [2.75, 3.05) is 32.7 Å². The summed E-state index contributed by atoms with van der Waals surface area (Å²) >= 11 is 0. The maximum Gasteiger partial charge on any atom is 0.220 e. The van der Waals surface area contributed by atoms with Crippen LogP contribution in [0.25, 0.3) is 0 Å². The first-order valence-electron chi connectivity index (χ1n) is 9.36. The van der Waals surface area contributed by atoms with Crippen molar-refractivity contribution in [3.63, 3.8) is 0 Å². The van der Waals surface area contributed by atoms with Gasteiger partial charge in [-0.3, -0.25) is 4.79 Å². The maximum absolute atomic E-state index is 12.3. The lowest BCUT2D eigenvalue weighted by Gasteiger charge is -2.36. The lowest BCUT2D eigenvalue weighted by molar-refractivity contribution is -0.124. The molecule has 0 atom stereocenters. The summed E-state index contributed by atoms with van der Waals surface area (Å²) in [5, 5.41) is 3.19. The van der Waals surface area contributed by atoms with Crippen LogP contribution in [0.15, 0.2) is 0 Å². The van der Waals surface area contributed by atoms with Gasteiger partial charge in [-0.2, -0.15) is 0 Å². The van der Waals surface area contributed by atoms with Crippen LogP contribution in [0, 0.1) is 11.3 Å². The first-order valence-corrected chi connectivity index (χ1v) is 9.36. The molecule has 0 unspecified atom stereocenters. The summed E-state index contributed by atoms with van der Waals surface area (Å²) in [5.41, 5.74) is 6.07. The average Bonchev–Trinajstić information content (AvgIpc) is 2.55. The van der Waals surface area contributed by atoms with Gasteiger partial charge in [-0.05, 0) is 69.6 Å². The Morgan fingerprint density at radius 3 is 2.50 bits per heavy atom.